The van der Waals surface area contributed by atoms with E-state index < -0.39 is 28.0 Å². The summed E-state index contributed by atoms with van der Waals surface area (Å²) in [6.45, 7) is -0.367. The number of benzene rings is 2. The van der Waals surface area contributed by atoms with Crippen LogP contribution in [0.4, 0.5) is 0 Å². The first-order chi connectivity index (χ1) is 22.2. The summed E-state index contributed by atoms with van der Waals surface area (Å²) in [6.07, 6.45) is 4.90. The van der Waals surface area contributed by atoms with E-state index in [0.29, 0.717) is 20.7 Å². The lowest BCUT2D eigenvalue weighted by molar-refractivity contribution is -0.605. The molecule has 0 spiro atoms. The number of nitrogens with zero attached hydrogens (tertiary/aromatic N) is 7. The Morgan fingerprint density at radius 3 is 1.96 bits per heavy atom. The van der Waals surface area contributed by atoms with Gasteiger partial charge in [0.1, 0.15) is 0 Å². The van der Waals surface area contributed by atoms with E-state index in [0.717, 1.165) is 5.39 Å². The Hall–Kier alpha value is -4.66. The molecule has 0 aliphatic carbocycles. The first-order valence-corrected chi connectivity index (χ1v) is 16.5. The van der Waals surface area contributed by atoms with Gasteiger partial charge in [-0.05, 0) is 35.0 Å². The molecule has 0 radical (unpaired) electrons. The first kappa shape index (κ1) is 33.7. The second-order valence-electron chi connectivity index (χ2n) is 11.7. The minimum atomic E-state index is -4.13. The number of hydrogen-bond acceptors (Lipinski definition) is 8. The van der Waals surface area contributed by atoms with Crippen LogP contribution in [0.3, 0.4) is 0 Å². The molecule has 246 valence electrons. The van der Waals surface area contributed by atoms with Gasteiger partial charge in [-0.3, -0.25) is 14.4 Å². The lowest BCUT2D eigenvalue weighted by Crippen LogP contribution is -2.63. The Morgan fingerprint density at radius 1 is 0.872 bits per heavy atom. The third kappa shape index (κ3) is 7.34. The van der Waals surface area contributed by atoms with Crippen LogP contribution in [-0.2, 0) is 19.6 Å². The number of rotatable bonds is 8. The smallest absolute Gasteiger partial charge is 0.257 e. The molecule has 0 N–H and O–H groups in total. The fourth-order valence-corrected chi connectivity index (χ4v) is 7.17. The molecule has 2 aromatic heterocycles. The van der Waals surface area contributed by atoms with Crippen LogP contribution in [0.5, 0.6) is 0 Å². The Labute approximate surface area is 277 Å². The summed E-state index contributed by atoms with van der Waals surface area (Å²) in [5.41, 5.74) is 0.660. The van der Waals surface area contributed by atoms with E-state index in [1.54, 1.807) is 70.7 Å². The van der Waals surface area contributed by atoms with Gasteiger partial charge in [0.15, 0.2) is 18.2 Å². The highest BCUT2D eigenvalue weighted by atomic mass is 35.5. The molecule has 1 saturated heterocycles. The molecule has 2 unspecified atom stereocenters. The number of aromatic nitrogens is 3. The highest BCUT2D eigenvalue weighted by Crippen LogP contribution is 2.30. The summed E-state index contributed by atoms with van der Waals surface area (Å²) >= 11 is 6.11. The standard InChI is InChI=1S/C32H34ClN7O6S/c1-36(2)29(41)15-26-19-39(47(45,46)28-8-6-22-13-25(33)7-5-23(22)14-28)20-27(16-30(42)37(3)4)40(26)32(43)24-17-34-31(35-18-24)21-9-11-38(44)12-10-21/h5-14,17-18,26-27H,15-16,19-20H2,1-4H3. The van der Waals surface area contributed by atoms with Gasteiger partial charge in [0.05, 0.1) is 22.5 Å². The van der Waals surface area contributed by atoms with Crippen molar-refractivity contribution < 1.29 is 27.5 Å². The number of piperazine rings is 1. The average Bonchev–Trinajstić information content (AvgIpc) is 3.04. The van der Waals surface area contributed by atoms with Crippen LogP contribution in [0, 0.1) is 5.21 Å². The van der Waals surface area contributed by atoms with Crippen molar-refractivity contribution in [3.05, 3.63) is 89.1 Å². The molecule has 4 aromatic rings. The monoisotopic (exact) mass is 679 g/mol. The van der Waals surface area contributed by atoms with Crippen LogP contribution >= 0.6 is 11.6 Å². The van der Waals surface area contributed by atoms with Gasteiger partial charge in [-0.1, -0.05) is 23.7 Å². The molecule has 2 atom stereocenters. The second-order valence-corrected chi connectivity index (χ2v) is 14.1. The van der Waals surface area contributed by atoms with Crippen LogP contribution < -0.4 is 4.73 Å². The van der Waals surface area contributed by atoms with Gasteiger partial charge >= 0.3 is 0 Å². The predicted octanol–water partition coefficient (Wildman–Crippen LogP) is 2.42. The zero-order valence-electron chi connectivity index (χ0n) is 26.3. The molecule has 3 heterocycles. The van der Waals surface area contributed by atoms with Crippen molar-refractivity contribution in [2.24, 2.45) is 0 Å². The molecule has 13 nitrogen and oxygen atoms in total. The van der Waals surface area contributed by atoms with Gasteiger partial charge in [-0.25, -0.2) is 18.4 Å². The van der Waals surface area contributed by atoms with Gasteiger partial charge in [-0.2, -0.15) is 9.04 Å². The Balaban J connectivity index is 1.53. The van der Waals surface area contributed by atoms with Gasteiger partial charge in [-0.15, -0.1) is 0 Å². The van der Waals surface area contributed by atoms with Crippen molar-refractivity contribution in [1.29, 1.82) is 0 Å². The molecule has 3 amide bonds. The SMILES string of the molecule is CN(C)C(=O)CC1CN(S(=O)(=O)c2ccc3cc(Cl)ccc3c2)CC(CC(=O)N(C)C)N1C(=O)c1cnc(-c2cc[n+]([O-])cc2)nc1. The molecular formula is C32H34ClN7O6S. The number of hydrogen-bond donors (Lipinski definition) is 0. The van der Waals surface area contributed by atoms with E-state index in [4.69, 9.17) is 11.6 Å². The van der Waals surface area contributed by atoms with Crippen molar-refractivity contribution in [3.8, 4) is 11.4 Å². The third-order valence-corrected chi connectivity index (χ3v) is 10.1. The Kier molecular flexibility index (Phi) is 9.75. The zero-order chi connectivity index (χ0) is 34.0. The maximum atomic E-state index is 14.2. The van der Waals surface area contributed by atoms with E-state index in [1.807, 2.05) is 0 Å². The van der Waals surface area contributed by atoms with Gasteiger partial charge in [0.25, 0.3) is 5.91 Å². The normalized spacial score (nSPS) is 17.0. The Morgan fingerprint density at radius 2 is 1.40 bits per heavy atom. The number of sulfonamides is 1. The van der Waals surface area contributed by atoms with Crippen LogP contribution in [0.2, 0.25) is 5.02 Å². The predicted molar refractivity (Wildman–Crippen MR) is 175 cm³/mol. The molecular weight excluding hydrogens is 646 g/mol. The fraction of sp³-hybridized carbons (Fsp3) is 0.312. The maximum absolute atomic E-state index is 14.2. The molecule has 1 aliphatic heterocycles. The van der Waals surface area contributed by atoms with E-state index in [-0.39, 0.29) is 54.0 Å². The van der Waals surface area contributed by atoms with E-state index in [1.165, 1.54) is 49.9 Å². The van der Waals surface area contributed by atoms with Crippen molar-refractivity contribution >= 4 is 50.1 Å². The third-order valence-electron chi connectivity index (χ3n) is 8.04. The van der Waals surface area contributed by atoms with Crippen LogP contribution in [0.1, 0.15) is 23.2 Å². The minimum Gasteiger partial charge on any atom is -0.619 e. The van der Waals surface area contributed by atoms with E-state index >= 15 is 0 Å². The second kappa shape index (κ2) is 13.6. The molecule has 47 heavy (non-hydrogen) atoms. The van der Waals surface area contributed by atoms with Gasteiger partial charge in [0.2, 0.25) is 21.8 Å². The molecule has 5 rings (SSSR count). The highest BCUT2D eigenvalue weighted by Gasteiger charge is 2.44. The van der Waals surface area contributed by atoms with Crippen LogP contribution in [0.25, 0.3) is 22.2 Å². The number of pyridine rings is 1. The average molecular weight is 680 g/mol. The van der Waals surface area contributed by atoms with Crippen molar-refractivity contribution in [3.63, 3.8) is 0 Å². The first-order valence-electron chi connectivity index (χ1n) is 14.7. The number of carbonyl (C=O) groups excluding carboxylic acids is 3. The summed E-state index contributed by atoms with van der Waals surface area (Å²) in [6, 6.07) is 11.1. The number of amides is 3. The topological polar surface area (TPSA) is 151 Å². The summed E-state index contributed by atoms with van der Waals surface area (Å²) in [7, 11) is 2.17. The summed E-state index contributed by atoms with van der Waals surface area (Å²) < 4.78 is 30.1. The van der Waals surface area contributed by atoms with Crippen LogP contribution in [0.15, 0.2) is 78.2 Å². The molecule has 1 fully saturated rings. The van der Waals surface area contributed by atoms with E-state index in [9.17, 15) is 28.0 Å². The molecule has 0 saturated carbocycles. The molecule has 15 heteroatoms. The van der Waals surface area contributed by atoms with Crippen molar-refractivity contribution in [2.75, 3.05) is 41.3 Å². The fourth-order valence-electron chi connectivity index (χ4n) is 5.44. The van der Waals surface area contributed by atoms with Gasteiger partial charge < -0.3 is 19.9 Å². The largest absolute Gasteiger partial charge is 0.619 e. The van der Waals surface area contributed by atoms with Gasteiger partial charge in [0, 0.05) is 89.2 Å². The number of fused-ring (bicyclic) bond motifs is 1. The maximum Gasteiger partial charge on any atom is 0.257 e. The van der Waals surface area contributed by atoms with E-state index in [2.05, 4.69) is 9.97 Å². The summed E-state index contributed by atoms with van der Waals surface area (Å²) in [5, 5.41) is 13.4. The highest BCUT2D eigenvalue weighted by molar-refractivity contribution is 7.89. The number of carbonyl (C=O) groups is 3. The molecule has 1 aliphatic rings. The Bertz CT molecular complexity index is 1890. The number of halogens is 1. The lowest BCUT2D eigenvalue weighted by Gasteiger charge is -2.46. The van der Waals surface area contributed by atoms with Crippen LogP contribution in [-0.4, -0.2) is 108 Å². The van der Waals surface area contributed by atoms with Crippen molar-refractivity contribution in [2.45, 2.75) is 29.8 Å². The molecule has 0 bridgehead atoms. The minimum absolute atomic E-state index is 0.0369. The summed E-state index contributed by atoms with van der Waals surface area (Å²) in [5.74, 6) is -0.902. The molecule has 2 aromatic carbocycles. The summed E-state index contributed by atoms with van der Waals surface area (Å²) in [4.78, 5) is 53.1. The zero-order valence-corrected chi connectivity index (χ0v) is 27.8. The van der Waals surface area contributed by atoms with Crippen molar-refractivity contribution in [1.82, 2.24) is 29.0 Å². The quantitative estimate of drug-likeness (QED) is 0.204. The lowest BCUT2D eigenvalue weighted by atomic mass is 10.00.